The fourth-order valence-electron chi connectivity index (χ4n) is 1.65. The van der Waals surface area contributed by atoms with Gasteiger partial charge in [0.15, 0.2) is 0 Å². The first-order valence-electron chi connectivity index (χ1n) is 5.90. The number of nitrogens with one attached hydrogen (secondary N) is 1. The SMILES string of the molecule is CSC(CO)C(C)NC(=O)c1cc(N)c(C)c(F)c1. The number of thioether (sulfide) groups is 1. The summed E-state index contributed by atoms with van der Waals surface area (Å²) in [4.78, 5) is 12.0. The Morgan fingerprint density at radius 1 is 1.58 bits per heavy atom. The number of rotatable bonds is 5. The smallest absolute Gasteiger partial charge is 0.251 e. The van der Waals surface area contributed by atoms with Crippen LogP contribution in [0.15, 0.2) is 12.1 Å². The van der Waals surface area contributed by atoms with Crippen LogP contribution >= 0.6 is 11.8 Å². The van der Waals surface area contributed by atoms with E-state index < -0.39 is 11.7 Å². The van der Waals surface area contributed by atoms with Crippen molar-refractivity contribution in [3.05, 3.63) is 29.1 Å². The van der Waals surface area contributed by atoms with Crippen molar-refractivity contribution < 1.29 is 14.3 Å². The summed E-state index contributed by atoms with van der Waals surface area (Å²) in [6.07, 6.45) is 1.85. The Balaban J connectivity index is 2.84. The minimum absolute atomic E-state index is 0.0347. The molecule has 1 rings (SSSR count). The maximum atomic E-state index is 13.5. The quantitative estimate of drug-likeness (QED) is 0.718. The van der Waals surface area contributed by atoms with Gasteiger partial charge in [-0.15, -0.1) is 0 Å². The highest BCUT2D eigenvalue weighted by Gasteiger charge is 2.19. The molecule has 0 aromatic heterocycles. The number of aliphatic hydroxyl groups is 1. The van der Waals surface area contributed by atoms with E-state index in [0.29, 0.717) is 5.56 Å². The molecule has 1 aromatic rings. The van der Waals surface area contributed by atoms with Crippen molar-refractivity contribution in [3.8, 4) is 0 Å². The first kappa shape index (κ1) is 15.8. The van der Waals surface area contributed by atoms with Crippen LogP contribution < -0.4 is 11.1 Å². The second-order valence-corrected chi connectivity index (χ2v) is 5.47. The van der Waals surface area contributed by atoms with Crippen LogP contribution in [0.5, 0.6) is 0 Å². The third kappa shape index (κ3) is 3.84. The number of carbonyl (C=O) groups is 1. The van der Waals surface area contributed by atoms with Crippen molar-refractivity contribution in [1.29, 1.82) is 0 Å². The lowest BCUT2D eigenvalue weighted by Gasteiger charge is -2.21. The molecule has 106 valence electrons. The normalized spacial score (nSPS) is 13.9. The van der Waals surface area contributed by atoms with Gasteiger partial charge in [-0.25, -0.2) is 4.39 Å². The van der Waals surface area contributed by atoms with E-state index in [1.807, 2.05) is 6.26 Å². The van der Waals surface area contributed by atoms with Crippen molar-refractivity contribution in [2.24, 2.45) is 0 Å². The Bertz CT molecular complexity index is 441. The Labute approximate surface area is 116 Å². The van der Waals surface area contributed by atoms with E-state index in [1.165, 1.54) is 23.9 Å². The highest BCUT2D eigenvalue weighted by atomic mass is 32.2. The number of nitrogen functional groups attached to an aromatic ring is 1. The van der Waals surface area contributed by atoms with Crippen LogP contribution in [0.25, 0.3) is 0 Å². The van der Waals surface area contributed by atoms with Crippen LogP contribution in [0.4, 0.5) is 10.1 Å². The molecule has 0 saturated heterocycles. The van der Waals surface area contributed by atoms with E-state index in [0.717, 1.165) is 0 Å². The van der Waals surface area contributed by atoms with Crippen molar-refractivity contribution in [1.82, 2.24) is 5.32 Å². The lowest BCUT2D eigenvalue weighted by atomic mass is 10.1. The number of anilines is 1. The number of hydrogen-bond acceptors (Lipinski definition) is 4. The molecular formula is C13H19FN2O2S. The number of amides is 1. The van der Waals surface area contributed by atoms with Gasteiger partial charge in [0.1, 0.15) is 5.82 Å². The van der Waals surface area contributed by atoms with Gasteiger partial charge in [-0.05, 0) is 32.2 Å². The summed E-state index contributed by atoms with van der Waals surface area (Å²) in [5.74, 6) is -0.896. The monoisotopic (exact) mass is 286 g/mol. The number of benzene rings is 1. The molecule has 0 saturated carbocycles. The van der Waals surface area contributed by atoms with Gasteiger partial charge >= 0.3 is 0 Å². The van der Waals surface area contributed by atoms with Crippen molar-refractivity contribution in [2.75, 3.05) is 18.6 Å². The number of hydrogen-bond donors (Lipinski definition) is 3. The van der Waals surface area contributed by atoms with Crippen molar-refractivity contribution >= 4 is 23.4 Å². The molecule has 0 bridgehead atoms. The Morgan fingerprint density at radius 3 is 2.68 bits per heavy atom. The van der Waals surface area contributed by atoms with Crippen LogP contribution in [-0.4, -0.2) is 35.2 Å². The van der Waals surface area contributed by atoms with E-state index in [4.69, 9.17) is 10.8 Å². The third-order valence-electron chi connectivity index (χ3n) is 3.05. The summed E-state index contributed by atoms with van der Waals surface area (Å²) in [7, 11) is 0. The molecule has 2 atom stereocenters. The van der Waals surface area contributed by atoms with Crippen LogP contribution in [0.1, 0.15) is 22.8 Å². The van der Waals surface area contributed by atoms with Crippen molar-refractivity contribution in [2.45, 2.75) is 25.1 Å². The molecule has 0 spiro atoms. The topological polar surface area (TPSA) is 75.3 Å². The fraction of sp³-hybridized carbons (Fsp3) is 0.462. The van der Waals surface area contributed by atoms with Gasteiger partial charge in [-0.1, -0.05) is 0 Å². The van der Waals surface area contributed by atoms with Gasteiger partial charge in [-0.3, -0.25) is 4.79 Å². The minimum Gasteiger partial charge on any atom is -0.398 e. The summed E-state index contributed by atoms with van der Waals surface area (Å²) in [5, 5.41) is 11.8. The maximum Gasteiger partial charge on any atom is 0.251 e. The molecule has 0 fully saturated rings. The molecule has 6 heteroatoms. The zero-order chi connectivity index (χ0) is 14.6. The minimum atomic E-state index is -0.499. The highest BCUT2D eigenvalue weighted by molar-refractivity contribution is 7.99. The van der Waals surface area contributed by atoms with Gasteiger partial charge < -0.3 is 16.2 Å². The van der Waals surface area contributed by atoms with Gasteiger partial charge in [-0.2, -0.15) is 11.8 Å². The molecular weight excluding hydrogens is 267 g/mol. The van der Waals surface area contributed by atoms with Crippen LogP contribution in [0, 0.1) is 12.7 Å². The molecule has 4 N–H and O–H groups in total. The second kappa shape index (κ2) is 6.77. The summed E-state index contributed by atoms with van der Waals surface area (Å²) in [5.41, 5.74) is 6.41. The largest absolute Gasteiger partial charge is 0.398 e. The number of carbonyl (C=O) groups excluding carboxylic acids is 1. The zero-order valence-corrected chi connectivity index (χ0v) is 12.1. The third-order valence-corrected chi connectivity index (χ3v) is 4.21. The lowest BCUT2D eigenvalue weighted by Crippen LogP contribution is -2.41. The molecule has 19 heavy (non-hydrogen) atoms. The summed E-state index contributed by atoms with van der Waals surface area (Å²) < 4.78 is 13.5. The van der Waals surface area contributed by atoms with Crippen molar-refractivity contribution in [3.63, 3.8) is 0 Å². The predicted molar refractivity (Wildman–Crippen MR) is 76.9 cm³/mol. The first-order valence-corrected chi connectivity index (χ1v) is 7.19. The maximum absolute atomic E-state index is 13.5. The van der Waals surface area contributed by atoms with E-state index in [9.17, 15) is 9.18 Å². The Kier molecular flexibility index (Phi) is 5.62. The predicted octanol–water partition coefficient (Wildman–Crippen LogP) is 1.56. The van der Waals surface area contributed by atoms with Crippen LogP contribution in [0.3, 0.4) is 0 Å². The molecule has 0 aliphatic rings. The van der Waals surface area contributed by atoms with Crippen LogP contribution in [0.2, 0.25) is 0 Å². The van der Waals surface area contributed by atoms with E-state index >= 15 is 0 Å². The molecule has 4 nitrogen and oxygen atoms in total. The molecule has 0 aliphatic heterocycles. The van der Waals surface area contributed by atoms with Gasteiger partial charge in [0, 0.05) is 28.1 Å². The molecule has 0 heterocycles. The summed E-state index contributed by atoms with van der Waals surface area (Å²) in [6, 6.07) is 2.40. The second-order valence-electron chi connectivity index (χ2n) is 4.39. The van der Waals surface area contributed by atoms with Crippen LogP contribution in [-0.2, 0) is 0 Å². The van der Waals surface area contributed by atoms with E-state index in [-0.39, 0.29) is 29.1 Å². The Morgan fingerprint density at radius 2 is 2.21 bits per heavy atom. The number of aliphatic hydroxyl groups excluding tert-OH is 1. The van der Waals surface area contributed by atoms with E-state index in [1.54, 1.807) is 13.8 Å². The van der Waals surface area contributed by atoms with Gasteiger partial charge in [0.25, 0.3) is 5.91 Å². The molecule has 0 radical (unpaired) electrons. The number of halogens is 1. The van der Waals surface area contributed by atoms with E-state index in [2.05, 4.69) is 5.32 Å². The Hall–Kier alpha value is -1.27. The summed E-state index contributed by atoms with van der Waals surface area (Å²) in [6.45, 7) is 3.32. The average Bonchev–Trinajstić information content (AvgIpc) is 2.36. The summed E-state index contributed by atoms with van der Waals surface area (Å²) >= 11 is 1.46. The van der Waals surface area contributed by atoms with Gasteiger partial charge in [0.05, 0.1) is 6.61 Å². The fourth-order valence-corrected chi connectivity index (χ4v) is 2.28. The first-order chi connectivity index (χ1) is 8.90. The standard InChI is InChI=1S/C13H19FN2O2S/c1-7-10(14)4-9(5-11(7)15)13(18)16-8(2)12(6-17)19-3/h4-5,8,12,17H,6,15H2,1-3H3,(H,16,18). The highest BCUT2D eigenvalue weighted by Crippen LogP contribution is 2.18. The molecule has 1 amide bonds. The average molecular weight is 286 g/mol. The molecule has 1 aromatic carbocycles. The molecule has 2 unspecified atom stereocenters. The molecule has 0 aliphatic carbocycles. The lowest BCUT2D eigenvalue weighted by molar-refractivity contribution is 0.0935. The van der Waals surface area contributed by atoms with Gasteiger partial charge in [0.2, 0.25) is 0 Å². The number of nitrogens with two attached hydrogens (primary N) is 1. The zero-order valence-electron chi connectivity index (χ0n) is 11.2.